The van der Waals surface area contributed by atoms with Crippen molar-refractivity contribution in [3.63, 3.8) is 0 Å². The predicted octanol–water partition coefficient (Wildman–Crippen LogP) is 2.93. The van der Waals surface area contributed by atoms with E-state index in [2.05, 4.69) is 21.2 Å². The maximum Gasteiger partial charge on any atom is 0.243 e. The molecule has 3 N–H and O–H groups in total. The SMILES string of the molecule is NS(=O)(=O)c1ccc(NC(=O)CN(Cc2ccccc2)S(=O)(=O)c2ccc(Br)cc2)cc1. The second kappa shape index (κ2) is 9.92. The van der Waals surface area contributed by atoms with Gasteiger partial charge in [0, 0.05) is 16.7 Å². The van der Waals surface area contributed by atoms with Crippen LogP contribution in [0.2, 0.25) is 0 Å². The van der Waals surface area contributed by atoms with Crippen LogP contribution in [0.1, 0.15) is 5.56 Å². The van der Waals surface area contributed by atoms with Crippen LogP contribution >= 0.6 is 15.9 Å². The van der Waals surface area contributed by atoms with E-state index in [1.807, 2.05) is 6.07 Å². The zero-order chi connectivity index (χ0) is 23.4. The average molecular weight is 538 g/mol. The quantitative estimate of drug-likeness (QED) is 0.456. The first kappa shape index (κ1) is 24.1. The van der Waals surface area contributed by atoms with Gasteiger partial charge >= 0.3 is 0 Å². The molecule has 8 nitrogen and oxygen atoms in total. The van der Waals surface area contributed by atoms with Crippen LogP contribution in [0.5, 0.6) is 0 Å². The number of halogens is 1. The molecule has 0 bridgehead atoms. The van der Waals surface area contributed by atoms with Crippen molar-refractivity contribution in [1.82, 2.24) is 4.31 Å². The second-order valence-electron chi connectivity index (χ2n) is 6.83. The Morgan fingerprint density at radius 3 is 1.97 bits per heavy atom. The van der Waals surface area contributed by atoms with Crippen LogP contribution in [-0.2, 0) is 31.4 Å². The highest BCUT2D eigenvalue weighted by atomic mass is 79.9. The van der Waals surface area contributed by atoms with Gasteiger partial charge in [0.05, 0.1) is 16.3 Å². The number of nitrogens with two attached hydrogens (primary N) is 1. The normalized spacial score (nSPS) is 12.0. The second-order valence-corrected chi connectivity index (χ2v) is 11.2. The molecule has 0 fully saturated rings. The number of primary sulfonamides is 1. The summed E-state index contributed by atoms with van der Waals surface area (Å²) in [5.41, 5.74) is 1.03. The van der Waals surface area contributed by atoms with Gasteiger partial charge < -0.3 is 5.32 Å². The first-order valence-corrected chi connectivity index (χ1v) is 13.1. The molecule has 0 unspecified atom stereocenters. The highest BCUT2D eigenvalue weighted by Crippen LogP contribution is 2.21. The maximum absolute atomic E-state index is 13.2. The Morgan fingerprint density at radius 2 is 1.41 bits per heavy atom. The summed E-state index contributed by atoms with van der Waals surface area (Å²) < 4.78 is 51.0. The van der Waals surface area contributed by atoms with Crippen LogP contribution in [0.3, 0.4) is 0 Å². The third kappa shape index (κ3) is 6.24. The number of benzene rings is 3. The summed E-state index contributed by atoms with van der Waals surface area (Å²) in [4.78, 5) is 12.6. The number of amides is 1. The highest BCUT2D eigenvalue weighted by Gasteiger charge is 2.27. The van der Waals surface area contributed by atoms with Crippen LogP contribution in [0, 0.1) is 0 Å². The Balaban J connectivity index is 1.83. The Labute approximate surface area is 195 Å². The molecule has 0 aliphatic heterocycles. The lowest BCUT2D eigenvalue weighted by atomic mass is 10.2. The van der Waals surface area contributed by atoms with E-state index in [0.717, 1.165) is 14.3 Å². The van der Waals surface area contributed by atoms with Gasteiger partial charge in [0.1, 0.15) is 0 Å². The van der Waals surface area contributed by atoms with Crippen LogP contribution in [0.15, 0.2) is 93.1 Å². The summed E-state index contributed by atoms with van der Waals surface area (Å²) in [6.07, 6.45) is 0. The standard InChI is InChI=1S/C21H20BrN3O5S2/c22-17-6-10-20(11-7-17)32(29,30)25(14-16-4-2-1-3-5-16)15-21(26)24-18-8-12-19(13-9-18)31(23,27)28/h1-13H,14-15H2,(H,24,26)(H2,23,27,28). The topological polar surface area (TPSA) is 127 Å². The zero-order valence-electron chi connectivity index (χ0n) is 16.7. The van der Waals surface area contributed by atoms with Gasteiger partial charge in [-0.1, -0.05) is 46.3 Å². The molecular weight excluding hydrogens is 518 g/mol. The van der Waals surface area contributed by atoms with Gasteiger partial charge in [-0.3, -0.25) is 4.79 Å². The zero-order valence-corrected chi connectivity index (χ0v) is 19.9. The minimum atomic E-state index is -3.97. The number of carbonyl (C=O) groups excluding carboxylic acids is 1. The van der Waals surface area contributed by atoms with Crippen molar-refractivity contribution in [1.29, 1.82) is 0 Å². The molecule has 0 heterocycles. The summed E-state index contributed by atoms with van der Waals surface area (Å²) in [7, 11) is -7.83. The fourth-order valence-electron chi connectivity index (χ4n) is 2.86. The van der Waals surface area contributed by atoms with E-state index in [0.29, 0.717) is 5.69 Å². The van der Waals surface area contributed by atoms with Crippen molar-refractivity contribution in [2.24, 2.45) is 5.14 Å². The van der Waals surface area contributed by atoms with Gasteiger partial charge in [-0.2, -0.15) is 4.31 Å². The van der Waals surface area contributed by atoms with E-state index in [4.69, 9.17) is 5.14 Å². The smallest absolute Gasteiger partial charge is 0.243 e. The molecule has 3 aromatic carbocycles. The van der Waals surface area contributed by atoms with Crippen LogP contribution < -0.4 is 10.5 Å². The first-order chi connectivity index (χ1) is 15.1. The molecule has 0 saturated heterocycles. The monoisotopic (exact) mass is 537 g/mol. The molecular formula is C21H20BrN3O5S2. The Bertz CT molecular complexity index is 1300. The van der Waals surface area contributed by atoms with Gasteiger partial charge in [0.25, 0.3) is 0 Å². The molecule has 11 heteroatoms. The van der Waals surface area contributed by atoms with E-state index in [1.165, 1.54) is 36.4 Å². The van der Waals surface area contributed by atoms with E-state index in [-0.39, 0.29) is 16.3 Å². The van der Waals surface area contributed by atoms with E-state index < -0.39 is 32.5 Å². The molecule has 0 aromatic heterocycles. The summed E-state index contributed by atoms with van der Waals surface area (Å²) in [6, 6.07) is 20.3. The third-order valence-electron chi connectivity index (χ3n) is 4.44. The number of hydrogen-bond acceptors (Lipinski definition) is 5. The minimum absolute atomic E-state index is 0.00296. The lowest BCUT2D eigenvalue weighted by Crippen LogP contribution is -2.37. The van der Waals surface area contributed by atoms with Crippen LogP contribution in [0.4, 0.5) is 5.69 Å². The third-order valence-corrected chi connectivity index (χ3v) is 7.70. The van der Waals surface area contributed by atoms with Crippen LogP contribution in [0.25, 0.3) is 0 Å². The van der Waals surface area contributed by atoms with E-state index in [1.54, 1.807) is 36.4 Å². The fourth-order valence-corrected chi connectivity index (χ4v) is 5.02. The van der Waals surface area contributed by atoms with Gasteiger partial charge in [0.15, 0.2) is 0 Å². The number of sulfonamides is 2. The number of carbonyl (C=O) groups is 1. The lowest BCUT2D eigenvalue weighted by molar-refractivity contribution is -0.116. The molecule has 1 amide bonds. The Hall–Kier alpha value is -2.57. The maximum atomic E-state index is 13.2. The molecule has 3 rings (SSSR count). The van der Waals surface area contributed by atoms with Crippen molar-refractivity contribution in [3.8, 4) is 0 Å². The van der Waals surface area contributed by atoms with Gasteiger partial charge in [-0.15, -0.1) is 0 Å². The number of rotatable bonds is 8. The minimum Gasteiger partial charge on any atom is -0.325 e. The summed E-state index contributed by atoms with van der Waals surface area (Å²) >= 11 is 3.28. The van der Waals surface area contributed by atoms with E-state index in [9.17, 15) is 21.6 Å². The van der Waals surface area contributed by atoms with Gasteiger partial charge in [-0.25, -0.2) is 22.0 Å². The molecule has 0 aliphatic carbocycles. The number of nitrogens with zero attached hydrogens (tertiary/aromatic N) is 1. The van der Waals surface area contributed by atoms with Crippen LogP contribution in [-0.4, -0.2) is 33.6 Å². The molecule has 0 spiro atoms. The number of nitrogens with one attached hydrogen (secondary N) is 1. The van der Waals surface area contributed by atoms with Crippen molar-refractivity contribution >= 4 is 47.6 Å². The Kier molecular flexibility index (Phi) is 7.47. The molecule has 168 valence electrons. The molecule has 3 aromatic rings. The highest BCUT2D eigenvalue weighted by molar-refractivity contribution is 9.10. The lowest BCUT2D eigenvalue weighted by Gasteiger charge is -2.22. The summed E-state index contributed by atoms with van der Waals surface area (Å²) in [5, 5.41) is 7.65. The predicted molar refractivity (Wildman–Crippen MR) is 125 cm³/mol. The summed E-state index contributed by atoms with van der Waals surface area (Å²) in [6.45, 7) is -0.443. The van der Waals surface area contributed by atoms with Gasteiger partial charge in [0.2, 0.25) is 26.0 Å². The molecule has 32 heavy (non-hydrogen) atoms. The van der Waals surface area contributed by atoms with Gasteiger partial charge in [-0.05, 0) is 54.1 Å². The van der Waals surface area contributed by atoms with Crippen molar-refractivity contribution in [2.75, 3.05) is 11.9 Å². The molecule has 0 aliphatic rings. The largest absolute Gasteiger partial charge is 0.325 e. The first-order valence-electron chi connectivity index (χ1n) is 9.28. The van der Waals surface area contributed by atoms with E-state index >= 15 is 0 Å². The molecule has 0 saturated carbocycles. The van der Waals surface area contributed by atoms with Crippen molar-refractivity contribution < 1.29 is 21.6 Å². The van der Waals surface area contributed by atoms with Crippen molar-refractivity contribution in [2.45, 2.75) is 16.3 Å². The average Bonchev–Trinajstić information content (AvgIpc) is 2.74. The fraction of sp³-hybridized carbons (Fsp3) is 0.0952. The molecule has 0 radical (unpaired) electrons. The number of anilines is 1. The van der Waals surface area contributed by atoms with Crippen molar-refractivity contribution in [3.05, 3.63) is 88.9 Å². The molecule has 0 atom stereocenters. The Morgan fingerprint density at radius 1 is 0.844 bits per heavy atom. The summed E-state index contributed by atoms with van der Waals surface area (Å²) in [5.74, 6) is -0.579. The number of hydrogen-bond donors (Lipinski definition) is 2.